The van der Waals surface area contributed by atoms with Gasteiger partial charge in [0.1, 0.15) is 5.82 Å². The summed E-state index contributed by atoms with van der Waals surface area (Å²) in [6.07, 6.45) is 8.10. The minimum absolute atomic E-state index is 0.0546. The maximum Gasteiger partial charge on any atom is 0.255 e. The summed E-state index contributed by atoms with van der Waals surface area (Å²) >= 11 is 0. The summed E-state index contributed by atoms with van der Waals surface area (Å²) in [5.41, 5.74) is 1.63. The average Bonchev–Trinajstić information content (AvgIpc) is 3.40. The average molecular weight is 485 g/mol. The maximum atomic E-state index is 13.5. The normalized spacial score (nSPS) is 23.4. The molecule has 4 N–H and O–H groups in total. The molecule has 1 spiro atoms. The molecule has 0 atom stereocenters. The molecule has 0 radical (unpaired) electrons. The zero-order valence-corrected chi connectivity index (χ0v) is 21.2. The van der Waals surface area contributed by atoms with Gasteiger partial charge in [-0.15, -0.1) is 0 Å². The van der Waals surface area contributed by atoms with Gasteiger partial charge in [-0.05, 0) is 57.7 Å². The van der Waals surface area contributed by atoms with Crippen LogP contribution in [-0.2, 0) is 4.74 Å². The molecule has 1 aromatic heterocycles. The van der Waals surface area contributed by atoms with E-state index in [-0.39, 0.29) is 11.9 Å². The summed E-state index contributed by atoms with van der Waals surface area (Å²) in [4.78, 5) is 25.8. The molecule has 35 heavy (non-hydrogen) atoms. The van der Waals surface area contributed by atoms with Crippen molar-refractivity contribution >= 4 is 23.8 Å². The molecular weight excluding hydrogens is 442 g/mol. The van der Waals surface area contributed by atoms with Crippen LogP contribution in [0, 0.1) is 10.8 Å². The van der Waals surface area contributed by atoms with Gasteiger partial charge in [-0.2, -0.15) is 4.98 Å². The van der Waals surface area contributed by atoms with Crippen LogP contribution in [0.1, 0.15) is 54.4 Å². The van der Waals surface area contributed by atoms with E-state index in [2.05, 4.69) is 20.0 Å². The Morgan fingerprint density at radius 3 is 2.37 bits per heavy atom. The van der Waals surface area contributed by atoms with Crippen LogP contribution in [0.25, 0.3) is 0 Å². The predicted octanol–water partition coefficient (Wildman–Crippen LogP) is 0.811. The maximum absolute atomic E-state index is 13.5. The number of carbonyl (C=O) groups is 1. The molecule has 4 aliphatic heterocycles. The zero-order valence-electron chi connectivity index (χ0n) is 21.2. The molecule has 5 rings (SSSR count). The van der Waals surface area contributed by atoms with Crippen LogP contribution in [-0.4, -0.2) is 106 Å². The molecule has 9 heteroatoms. The summed E-state index contributed by atoms with van der Waals surface area (Å²) < 4.78 is 5.48. The SMILES string of the molecule is C[NH2+]c1nc(N2CCC3(CC2)COC3)c(C(=O)NC2CCN(CCN3CCCC3)CC2)cc1C=N. The quantitative estimate of drug-likeness (QED) is 0.472. The number of carbonyl (C=O) groups excluding carboxylic acids is 1. The van der Waals surface area contributed by atoms with Gasteiger partial charge in [0, 0.05) is 56.9 Å². The Kier molecular flexibility index (Phi) is 7.67. The second kappa shape index (κ2) is 10.9. The number of hydrogen-bond donors (Lipinski definition) is 3. The van der Waals surface area contributed by atoms with Crippen LogP contribution >= 0.6 is 0 Å². The van der Waals surface area contributed by atoms with Gasteiger partial charge in [0.25, 0.3) is 5.91 Å². The third-order valence-electron chi connectivity index (χ3n) is 8.53. The smallest absolute Gasteiger partial charge is 0.255 e. The van der Waals surface area contributed by atoms with Gasteiger partial charge >= 0.3 is 0 Å². The number of piperidine rings is 2. The van der Waals surface area contributed by atoms with E-state index in [4.69, 9.17) is 15.1 Å². The minimum Gasteiger partial charge on any atom is -0.380 e. The van der Waals surface area contributed by atoms with Crippen molar-refractivity contribution in [3.05, 3.63) is 17.2 Å². The molecule has 0 aliphatic carbocycles. The van der Waals surface area contributed by atoms with Crippen LogP contribution in [0.15, 0.2) is 6.07 Å². The Morgan fingerprint density at radius 2 is 1.80 bits per heavy atom. The highest BCUT2D eigenvalue weighted by Gasteiger charge is 2.42. The summed E-state index contributed by atoms with van der Waals surface area (Å²) in [6, 6.07) is 2.05. The Labute approximate surface area is 209 Å². The van der Waals surface area contributed by atoms with E-state index in [9.17, 15) is 4.79 Å². The van der Waals surface area contributed by atoms with Crippen LogP contribution in [0.2, 0.25) is 0 Å². The molecule has 192 valence electrons. The zero-order chi connectivity index (χ0) is 24.3. The Balaban J connectivity index is 1.22. The highest BCUT2D eigenvalue weighted by atomic mass is 16.5. The van der Waals surface area contributed by atoms with Crippen molar-refractivity contribution < 1.29 is 14.8 Å². The largest absolute Gasteiger partial charge is 0.380 e. The van der Waals surface area contributed by atoms with E-state index in [1.54, 1.807) is 0 Å². The van der Waals surface area contributed by atoms with E-state index in [1.165, 1.54) is 38.7 Å². The number of nitrogens with two attached hydrogens (primary N) is 1. The molecule has 1 aromatic rings. The first-order valence-electron chi connectivity index (χ1n) is 13.5. The van der Waals surface area contributed by atoms with Gasteiger partial charge in [-0.25, -0.2) is 0 Å². The van der Waals surface area contributed by atoms with Gasteiger partial charge in [-0.1, -0.05) is 0 Å². The van der Waals surface area contributed by atoms with Crippen LogP contribution in [0.5, 0.6) is 0 Å². The Morgan fingerprint density at radius 1 is 1.14 bits per heavy atom. The minimum atomic E-state index is -0.0546. The van der Waals surface area contributed by atoms with Crippen molar-refractivity contribution in [2.24, 2.45) is 5.41 Å². The molecule has 9 nitrogen and oxygen atoms in total. The van der Waals surface area contributed by atoms with Crippen LogP contribution in [0.3, 0.4) is 0 Å². The number of nitrogens with zero attached hydrogens (tertiary/aromatic N) is 4. The fraction of sp³-hybridized carbons (Fsp3) is 0.731. The molecule has 4 saturated heterocycles. The van der Waals surface area contributed by atoms with E-state index in [0.29, 0.717) is 16.5 Å². The van der Waals surface area contributed by atoms with Crippen molar-refractivity contribution in [1.29, 1.82) is 5.41 Å². The first kappa shape index (κ1) is 24.6. The Bertz CT molecular complexity index is 895. The molecule has 0 saturated carbocycles. The lowest BCUT2D eigenvalue weighted by Crippen LogP contribution is -2.74. The van der Waals surface area contributed by atoms with E-state index < -0.39 is 0 Å². The monoisotopic (exact) mass is 484 g/mol. The molecular formula is C26H42N7O2+. The van der Waals surface area contributed by atoms with Crippen LogP contribution in [0.4, 0.5) is 11.6 Å². The van der Waals surface area contributed by atoms with Crippen molar-refractivity contribution in [1.82, 2.24) is 20.1 Å². The predicted molar refractivity (Wildman–Crippen MR) is 137 cm³/mol. The fourth-order valence-corrected chi connectivity index (χ4v) is 6.01. The van der Waals surface area contributed by atoms with E-state index in [0.717, 1.165) is 83.3 Å². The lowest BCUT2D eigenvalue weighted by molar-refractivity contribution is -0.543. The first-order chi connectivity index (χ1) is 17.1. The molecule has 0 unspecified atom stereocenters. The lowest BCUT2D eigenvalue weighted by Gasteiger charge is -2.47. The topological polar surface area (TPSA) is 101 Å². The number of quaternary nitrogens is 1. The van der Waals surface area contributed by atoms with Gasteiger partial charge in [0.15, 0.2) is 0 Å². The number of amides is 1. The number of likely N-dealkylation sites (tertiary alicyclic amines) is 2. The van der Waals surface area contributed by atoms with E-state index >= 15 is 0 Å². The van der Waals surface area contributed by atoms with Crippen molar-refractivity contribution in [3.8, 4) is 0 Å². The lowest BCUT2D eigenvalue weighted by atomic mass is 9.77. The van der Waals surface area contributed by atoms with Crippen molar-refractivity contribution in [2.75, 3.05) is 77.5 Å². The second-order valence-electron chi connectivity index (χ2n) is 10.9. The number of ether oxygens (including phenoxy) is 1. The number of nitrogens with one attached hydrogen (secondary N) is 2. The number of hydrogen-bond acceptors (Lipinski definition) is 7. The highest BCUT2D eigenvalue weighted by molar-refractivity contribution is 6.01. The number of aromatic nitrogens is 1. The van der Waals surface area contributed by atoms with Gasteiger partial charge in [0.05, 0.1) is 31.4 Å². The second-order valence-corrected chi connectivity index (χ2v) is 10.9. The van der Waals surface area contributed by atoms with Gasteiger partial charge < -0.3 is 30.2 Å². The highest BCUT2D eigenvalue weighted by Crippen LogP contribution is 2.40. The van der Waals surface area contributed by atoms with Gasteiger partial charge in [-0.3, -0.25) is 10.1 Å². The Hall–Kier alpha value is -2.07. The standard InChI is InChI=1S/C26H41N7O2/c1-28-23-20(17-27)16-22(24(30-23)33-12-6-26(7-13-33)18-35-19-26)25(34)29-21-4-10-32(11-5-21)15-14-31-8-2-3-9-31/h16-17,21,27H,2-15,18-19H2,1H3,(H,28,30)(H,29,34)/p+1. The molecule has 5 heterocycles. The van der Waals surface area contributed by atoms with E-state index in [1.807, 2.05) is 18.4 Å². The summed E-state index contributed by atoms with van der Waals surface area (Å²) in [5, 5.41) is 13.1. The van der Waals surface area contributed by atoms with Crippen molar-refractivity contribution in [2.45, 2.75) is 44.6 Å². The van der Waals surface area contributed by atoms with Crippen molar-refractivity contribution in [3.63, 3.8) is 0 Å². The molecule has 0 bridgehead atoms. The number of pyridine rings is 1. The molecule has 4 fully saturated rings. The molecule has 0 aromatic carbocycles. The van der Waals surface area contributed by atoms with Crippen LogP contribution < -0.4 is 15.5 Å². The first-order valence-corrected chi connectivity index (χ1v) is 13.5. The molecule has 1 amide bonds. The third-order valence-corrected chi connectivity index (χ3v) is 8.53. The summed E-state index contributed by atoms with van der Waals surface area (Å²) in [5.74, 6) is 1.48. The fourth-order valence-electron chi connectivity index (χ4n) is 6.01. The summed E-state index contributed by atoms with van der Waals surface area (Å²) in [6.45, 7) is 10.4. The third kappa shape index (κ3) is 5.53. The van der Waals surface area contributed by atoms with Gasteiger partial charge in [0.2, 0.25) is 5.82 Å². The summed E-state index contributed by atoms with van der Waals surface area (Å²) in [7, 11) is 1.94. The molecule has 4 aliphatic rings. The number of rotatable bonds is 8. The number of anilines is 1.